The summed E-state index contributed by atoms with van der Waals surface area (Å²) in [5.74, 6) is -1.51. The summed E-state index contributed by atoms with van der Waals surface area (Å²) in [5, 5.41) is 11.8. The maximum atomic E-state index is 12.7. The predicted octanol–water partition coefficient (Wildman–Crippen LogP) is 4.38. The number of benzene rings is 2. The standard InChI is InChI=1S/C27H25N3O5/c31-25(30-13-11-17(12-14-30)26(32)33)24-10-9-18(15-28-24)29-27(34)35-16-23-21-7-3-1-5-19(21)20-6-2-4-8-22(20)23/h1-10,15,17,23H,11-14,16H2,(H,29,34)(H,32,33). The molecule has 2 aromatic carbocycles. The van der Waals surface area contributed by atoms with E-state index in [2.05, 4.69) is 34.6 Å². The number of aromatic nitrogens is 1. The fourth-order valence-corrected chi connectivity index (χ4v) is 4.84. The molecule has 1 saturated heterocycles. The first kappa shape index (κ1) is 22.6. The Labute approximate surface area is 202 Å². The maximum Gasteiger partial charge on any atom is 0.411 e. The molecule has 178 valence electrons. The number of ether oxygens (including phenoxy) is 1. The Hall–Kier alpha value is -4.20. The fraction of sp³-hybridized carbons (Fsp3) is 0.259. The number of carboxylic acids is 1. The van der Waals surface area contributed by atoms with Gasteiger partial charge in [0, 0.05) is 19.0 Å². The number of carboxylic acid groups (broad SMARTS) is 1. The van der Waals surface area contributed by atoms with Crippen molar-refractivity contribution in [3.05, 3.63) is 83.7 Å². The van der Waals surface area contributed by atoms with Crippen LogP contribution < -0.4 is 5.32 Å². The lowest BCUT2D eigenvalue weighted by atomic mass is 9.97. The van der Waals surface area contributed by atoms with E-state index in [1.165, 1.54) is 6.20 Å². The highest BCUT2D eigenvalue weighted by Gasteiger charge is 2.30. The second-order valence-electron chi connectivity index (χ2n) is 8.79. The maximum absolute atomic E-state index is 12.7. The zero-order valence-corrected chi connectivity index (χ0v) is 19.0. The molecular formula is C27H25N3O5. The third-order valence-corrected chi connectivity index (χ3v) is 6.70. The lowest BCUT2D eigenvalue weighted by molar-refractivity contribution is -0.143. The van der Waals surface area contributed by atoms with Gasteiger partial charge in [0.1, 0.15) is 12.3 Å². The van der Waals surface area contributed by atoms with Gasteiger partial charge in [0.25, 0.3) is 5.91 Å². The second-order valence-corrected chi connectivity index (χ2v) is 8.79. The molecule has 0 bridgehead atoms. The highest BCUT2D eigenvalue weighted by molar-refractivity contribution is 5.93. The van der Waals surface area contributed by atoms with Gasteiger partial charge in [0.15, 0.2) is 0 Å². The highest BCUT2D eigenvalue weighted by Crippen LogP contribution is 2.44. The minimum Gasteiger partial charge on any atom is -0.481 e. The number of anilines is 1. The van der Waals surface area contributed by atoms with Crippen LogP contribution in [0.4, 0.5) is 10.5 Å². The smallest absolute Gasteiger partial charge is 0.411 e. The molecule has 0 radical (unpaired) electrons. The molecule has 1 aliphatic heterocycles. The van der Waals surface area contributed by atoms with E-state index >= 15 is 0 Å². The van der Waals surface area contributed by atoms with Crippen LogP contribution in [0.25, 0.3) is 11.1 Å². The minimum absolute atomic E-state index is 0.0310. The summed E-state index contributed by atoms with van der Waals surface area (Å²) < 4.78 is 5.54. The fourth-order valence-electron chi connectivity index (χ4n) is 4.84. The van der Waals surface area contributed by atoms with Gasteiger partial charge in [-0.25, -0.2) is 9.78 Å². The van der Waals surface area contributed by atoms with E-state index in [-0.39, 0.29) is 24.1 Å². The van der Waals surface area contributed by atoms with Gasteiger partial charge >= 0.3 is 12.1 Å². The largest absolute Gasteiger partial charge is 0.481 e. The number of amides is 2. The topological polar surface area (TPSA) is 109 Å². The molecule has 0 saturated carbocycles. The Kier molecular flexibility index (Phi) is 6.18. The van der Waals surface area contributed by atoms with Gasteiger partial charge in [-0.15, -0.1) is 0 Å². The van der Waals surface area contributed by atoms with Gasteiger partial charge in [0.2, 0.25) is 0 Å². The predicted molar refractivity (Wildman–Crippen MR) is 129 cm³/mol. The summed E-state index contributed by atoms with van der Waals surface area (Å²) in [7, 11) is 0. The SMILES string of the molecule is O=C(Nc1ccc(C(=O)N2CCC(C(=O)O)CC2)nc1)OCC1c2ccccc2-c2ccccc21. The molecular weight excluding hydrogens is 446 g/mol. The number of likely N-dealkylation sites (tertiary alicyclic amines) is 1. The van der Waals surface area contributed by atoms with E-state index < -0.39 is 18.0 Å². The van der Waals surface area contributed by atoms with Crippen LogP contribution >= 0.6 is 0 Å². The van der Waals surface area contributed by atoms with Crippen molar-refractivity contribution in [2.75, 3.05) is 25.0 Å². The molecule has 0 unspecified atom stereocenters. The first-order valence-corrected chi connectivity index (χ1v) is 11.6. The Morgan fingerprint density at radius 2 is 1.57 bits per heavy atom. The molecule has 1 aliphatic carbocycles. The number of piperidine rings is 1. The van der Waals surface area contributed by atoms with Crippen molar-refractivity contribution in [2.45, 2.75) is 18.8 Å². The number of hydrogen-bond donors (Lipinski definition) is 2. The number of fused-ring (bicyclic) bond motifs is 3. The lowest BCUT2D eigenvalue weighted by Gasteiger charge is -2.29. The zero-order chi connectivity index (χ0) is 24.4. The molecule has 2 amide bonds. The number of carbonyl (C=O) groups excluding carboxylic acids is 2. The molecule has 1 fully saturated rings. The van der Waals surface area contributed by atoms with Gasteiger partial charge in [0.05, 0.1) is 17.8 Å². The number of pyridine rings is 1. The van der Waals surface area contributed by atoms with Gasteiger partial charge in [-0.1, -0.05) is 48.5 Å². The molecule has 8 nitrogen and oxygen atoms in total. The van der Waals surface area contributed by atoms with E-state index in [1.807, 2.05) is 24.3 Å². The number of aliphatic carboxylic acids is 1. The summed E-state index contributed by atoms with van der Waals surface area (Å²) in [6.45, 7) is 0.977. The molecule has 35 heavy (non-hydrogen) atoms. The van der Waals surface area contributed by atoms with E-state index in [0.717, 1.165) is 22.3 Å². The van der Waals surface area contributed by atoms with Crippen molar-refractivity contribution in [3.8, 4) is 11.1 Å². The van der Waals surface area contributed by atoms with E-state index in [1.54, 1.807) is 17.0 Å². The summed E-state index contributed by atoms with van der Waals surface area (Å²) in [6.07, 6.45) is 1.69. The summed E-state index contributed by atoms with van der Waals surface area (Å²) in [6, 6.07) is 19.4. The first-order chi connectivity index (χ1) is 17.0. The molecule has 2 aliphatic rings. The molecule has 2 heterocycles. The molecule has 2 N–H and O–H groups in total. The van der Waals surface area contributed by atoms with Gasteiger partial charge < -0.3 is 14.7 Å². The van der Waals surface area contributed by atoms with Crippen LogP contribution in [0.3, 0.4) is 0 Å². The second kappa shape index (κ2) is 9.58. The van der Waals surface area contributed by atoms with E-state index in [9.17, 15) is 14.4 Å². The molecule has 8 heteroatoms. The Morgan fingerprint density at radius 3 is 2.14 bits per heavy atom. The number of nitrogens with zero attached hydrogens (tertiary/aromatic N) is 2. The first-order valence-electron chi connectivity index (χ1n) is 11.6. The Morgan fingerprint density at radius 1 is 0.943 bits per heavy atom. The minimum atomic E-state index is -0.820. The lowest BCUT2D eigenvalue weighted by Crippen LogP contribution is -2.40. The summed E-state index contributed by atoms with van der Waals surface area (Å²) in [5.41, 5.74) is 5.26. The van der Waals surface area contributed by atoms with Crippen LogP contribution in [0.15, 0.2) is 66.9 Å². The quantitative estimate of drug-likeness (QED) is 0.572. The van der Waals surface area contributed by atoms with Crippen molar-refractivity contribution < 1.29 is 24.2 Å². The summed E-state index contributed by atoms with van der Waals surface area (Å²) in [4.78, 5) is 42.0. The Bertz CT molecular complexity index is 1220. The van der Waals surface area contributed by atoms with Crippen molar-refractivity contribution >= 4 is 23.7 Å². The average molecular weight is 472 g/mol. The molecule has 5 rings (SSSR count). The number of carbonyl (C=O) groups is 3. The number of hydrogen-bond acceptors (Lipinski definition) is 5. The van der Waals surface area contributed by atoms with E-state index in [4.69, 9.17) is 9.84 Å². The Balaban J connectivity index is 1.17. The zero-order valence-electron chi connectivity index (χ0n) is 19.0. The van der Waals surface area contributed by atoms with Crippen LogP contribution in [0.2, 0.25) is 0 Å². The van der Waals surface area contributed by atoms with Crippen molar-refractivity contribution in [3.63, 3.8) is 0 Å². The van der Waals surface area contributed by atoms with Gasteiger partial charge in [-0.2, -0.15) is 0 Å². The van der Waals surface area contributed by atoms with Crippen LogP contribution in [-0.2, 0) is 9.53 Å². The van der Waals surface area contributed by atoms with Crippen LogP contribution in [0, 0.1) is 5.92 Å². The normalized spacial score (nSPS) is 15.3. The van der Waals surface area contributed by atoms with Gasteiger partial charge in [-0.3, -0.25) is 14.9 Å². The molecule has 0 atom stereocenters. The number of rotatable bonds is 5. The summed E-state index contributed by atoms with van der Waals surface area (Å²) >= 11 is 0. The van der Waals surface area contributed by atoms with Crippen LogP contribution in [0.1, 0.15) is 40.4 Å². The van der Waals surface area contributed by atoms with E-state index in [0.29, 0.717) is 31.6 Å². The van der Waals surface area contributed by atoms with Crippen LogP contribution in [0.5, 0.6) is 0 Å². The monoisotopic (exact) mass is 471 g/mol. The third kappa shape index (κ3) is 4.59. The molecule has 1 aromatic heterocycles. The van der Waals surface area contributed by atoms with Crippen LogP contribution in [-0.4, -0.2) is 52.7 Å². The van der Waals surface area contributed by atoms with Crippen molar-refractivity contribution in [1.82, 2.24) is 9.88 Å². The van der Waals surface area contributed by atoms with Gasteiger partial charge in [-0.05, 0) is 47.2 Å². The average Bonchev–Trinajstić information content (AvgIpc) is 3.21. The van der Waals surface area contributed by atoms with Crippen molar-refractivity contribution in [1.29, 1.82) is 0 Å². The molecule has 3 aromatic rings. The van der Waals surface area contributed by atoms with Crippen molar-refractivity contribution in [2.24, 2.45) is 5.92 Å². The third-order valence-electron chi connectivity index (χ3n) is 6.70. The highest BCUT2D eigenvalue weighted by atomic mass is 16.5. The number of nitrogens with one attached hydrogen (secondary N) is 1. The molecule has 0 spiro atoms.